The van der Waals surface area contributed by atoms with Gasteiger partial charge in [-0.1, -0.05) is 6.42 Å². The Kier molecular flexibility index (Phi) is 3.78. The number of thiophene rings is 1. The van der Waals surface area contributed by atoms with Gasteiger partial charge in [0.25, 0.3) is 0 Å². The van der Waals surface area contributed by atoms with Gasteiger partial charge < -0.3 is 9.47 Å². The molecule has 0 aromatic carbocycles. The lowest BCUT2D eigenvalue weighted by Gasteiger charge is -2.06. The summed E-state index contributed by atoms with van der Waals surface area (Å²) >= 11 is 1.52. The molecule has 1 fully saturated rings. The molecule has 0 unspecified atom stereocenters. The number of carbonyl (C=O) groups is 2. The topological polar surface area (TPSA) is 52.6 Å². The van der Waals surface area contributed by atoms with E-state index >= 15 is 0 Å². The number of fused-ring (bicyclic) bond motifs is 1. The van der Waals surface area contributed by atoms with Gasteiger partial charge in [0.15, 0.2) is 0 Å². The Labute approximate surface area is 122 Å². The van der Waals surface area contributed by atoms with Crippen LogP contribution in [0.1, 0.15) is 52.7 Å². The van der Waals surface area contributed by atoms with Crippen LogP contribution in [0.4, 0.5) is 0 Å². The van der Waals surface area contributed by atoms with Crippen LogP contribution in [0.3, 0.4) is 0 Å². The summed E-state index contributed by atoms with van der Waals surface area (Å²) < 4.78 is 10.3. The molecule has 1 aromatic heterocycles. The molecule has 2 atom stereocenters. The molecule has 1 saturated heterocycles. The van der Waals surface area contributed by atoms with Crippen molar-refractivity contribution in [2.45, 2.75) is 57.7 Å². The van der Waals surface area contributed by atoms with Gasteiger partial charge in [0, 0.05) is 11.3 Å². The van der Waals surface area contributed by atoms with Gasteiger partial charge in [-0.15, -0.1) is 11.3 Å². The molecule has 2 heterocycles. The van der Waals surface area contributed by atoms with E-state index in [0.717, 1.165) is 12.8 Å². The van der Waals surface area contributed by atoms with Gasteiger partial charge in [0.2, 0.25) is 6.10 Å². The van der Waals surface area contributed by atoms with Crippen LogP contribution < -0.4 is 0 Å². The molecule has 5 heteroatoms. The summed E-state index contributed by atoms with van der Waals surface area (Å²) in [4.78, 5) is 25.6. The molecular weight excluding hydrogens is 276 g/mol. The number of cyclic esters (lactones) is 1. The first kappa shape index (κ1) is 13.6. The van der Waals surface area contributed by atoms with Gasteiger partial charge in [0.1, 0.15) is 11.0 Å². The molecule has 1 aromatic rings. The van der Waals surface area contributed by atoms with Crippen molar-refractivity contribution in [3.63, 3.8) is 0 Å². The van der Waals surface area contributed by atoms with Gasteiger partial charge >= 0.3 is 11.9 Å². The molecule has 0 radical (unpaired) electrons. The van der Waals surface area contributed by atoms with E-state index in [1.54, 1.807) is 6.92 Å². The van der Waals surface area contributed by atoms with Gasteiger partial charge in [-0.05, 0) is 44.2 Å². The molecule has 0 amide bonds. The SMILES string of the molecule is C[C@@H]1C[C@@H](OC(=O)c2cc3c(s2)CCCCC3)C(=O)O1. The van der Waals surface area contributed by atoms with Crippen LogP contribution in [0.5, 0.6) is 0 Å². The molecule has 108 valence electrons. The smallest absolute Gasteiger partial charge is 0.349 e. The van der Waals surface area contributed by atoms with Gasteiger partial charge in [0.05, 0.1) is 0 Å². The Balaban J connectivity index is 1.70. The number of aryl methyl sites for hydroxylation is 2. The van der Waals surface area contributed by atoms with E-state index in [2.05, 4.69) is 0 Å². The zero-order valence-electron chi connectivity index (χ0n) is 11.5. The summed E-state index contributed by atoms with van der Waals surface area (Å²) in [6.45, 7) is 1.80. The third-order valence-corrected chi connectivity index (χ3v) is 5.04. The molecule has 0 spiro atoms. The molecule has 4 nitrogen and oxygen atoms in total. The number of hydrogen-bond donors (Lipinski definition) is 0. The summed E-state index contributed by atoms with van der Waals surface area (Å²) in [5, 5.41) is 0. The third-order valence-electron chi connectivity index (χ3n) is 3.82. The fourth-order valence-electron chi connectivity index (χ4n) is 2.77. The fourth-order valence-corrected chi connectivity index (χ4v) is 3.91. The standard InChI is InChI=1S/C15H18O4S/c1-9-7-11(14(16)18-9)19-15(17)13-8-10-5-3-2-4-6-12(10)20-13/h8-9,11H,2-7H2,1H3/t9-,11-/m1/s1. The lowest BCUT2D eigenvalue weighted by atomic mass is 10.1. The number of rotatable bonds is 2. The summed E-state index contributed by atoms with van der Waals surface area (Å²) in [6, 6.07) is 1.94. The molecule has 0 saturated carbocycles. The van der Waals surface area contributed by atoms with E-state index in [1.165, 1.54) is 41.0 Å². The van der Waals surface area contributed by atoms with Crippen molar-refractivity contribution in [1.29, 1.82) is 0 Å². The second kappa shape index (κ2) is 5.56. The van der Waals surface area contributed by atoms with Crippen LogP contribution >= 0.6 is 11.3 Å². The zero-order valence-corrected chi connectivity index (χ0v) is 12.3. The number of esters is 2. The summed E-state index contributed by atoms with van der Waals surface area (Å²) in [5.41, 5.74) is 1.28. The van der Waals surface area contributed by atoms with Crippen molar-refractivity contribution < 1.29 is 19.1 Å². The molecule has 20 heavy (non-hydrogen) atoms. The van der Waals surface area contributed by atoms with E-state index in [-0.39, 0.29) is 12.1 Å². The molecule has 0 N–H and O–H groups in total. The lowest BCUT2D eigenvalue weighted by molar-refractivity contribution is -0.147. The third kappa shape index (κ3) is 2.73. The highest BCUT2D eigenvalue weighted by atomic mass is 32.1. The minimum atomic E-state index is -0.737. The lowest BCUT2D eigenvalue weighted by Crippen LogP contribution is -2.22. The Bertz CT molecular complexity index is 510. The summed E-state index contributed by atoms with van der Waals surface area (Å²) in [7, 11) is 0. The average Bonchev–Trinajstić information content (AvgIpc) is 2.86. The largest absolute Gasteiger partial charge is 0.460 e. The maximum Gasteiger partial charge on any atom is 0.349 e. The maximum atomic E-state index is 12.1. The van der Waals surface area contributed by atoms with Crippen molar-refractivity contribution in [1.82, 2.24) is 0 Å². The first-order chi connectivity index (χ1) is 9.63. The normalized spacial score (nSPS) is 25.8. The van der Waals surface area contributed by atoms with E-state index < -0.39 is 12.1 Å². The van der Waals surface area contributed by atoms with Crippen LogP contribution in [0.15, 0.2) is 6.07 Å². The molecule has 3 rings (SSSR count). The molecule has 0 bridgehead atoms. The number of hydrogen-bond acceptors (Lipinski definition) is 5. The number of ether oxygens (including phenoxy) is 2. The maximum absolute atomic E-state index is 12.1. The van der Waals surface area contributed by atoms with E-state index in [4.69, 9.17) is 9.47 Å². The van der Waals surface area contributed by atoms with Crippen LogP contribution in [0.25, 0.3) is 0 Å². The van der Waals surface area contributed by atoms with Crippen molar-refractivity contribution in [3.05, 3.63) is 21.4 Å². The summed E-state index contributed by atoms with van der Waals surface area (Å²) in [6.07, 6.45) is 5.28. The van der Waals surface area contributed by atoms with Crippen molar-refractivity contribution in [2.75, 3.05) is 0 Å². The Morgan fingerprint density at radius 2 is 2.15 bits per heavy atom. The van der Waals surface area contributed by atoms with Crippen molar-refractivity contribution >= 4 is 23.3 Å². The average molecular weight is 294 g/mol. The molecule has 1 aliphatic carbocycles. The Morgan fingerprint density at radius 3 is 2.90 bits per heavy atom. The Morgan fingerprint density at radius 1 is 1.35 bits per heavy atom. The second-order valence-electron chi connectivity index (χ2n) is 5.50. The van der Waals surface area contributed by atoms with Gasteiger partial charge in [-0.25, -0.2) is 9.59 Å². The quantitative estimate of drug-likeness (QED) is 0.621. The van der Waals surface area contributed by atoms with Crippen LogP contribution in [-0.4, -0.2) is 24.1 Å². The first-order valence-corrected chi connectivity index (χ1v) is 7.98. The molecule has 1 aliphatic heterocycles. The van der Waals surface area contributed by atoms with Gasteiger partial charge in [-0.3, -0.25) is 0 Å². The van der Waals surface area contributed by atoms with Crippen molar-refractivity contribution in [2.24, 2.45) is 0 Å². The molecule has 2 aliphatic rings. The van der Waals surface area contributed by atoms with E-state index in [9.17, 15) is 9.59 Å². The predicted octanol–water partition coefficient (Wildman–Crippen LogP) is 2.88. The number of carbonyl (C=O) groups excluding carboxylic acids is 2. The highest BCUT2D eigenvalue weighted by Crippen LogP contribution is 2.30. The Hall–Kier alpha value is -1.36. The monoisotopic (exact) mass is 294 g/mol. The summed E-state index contributed by atoms with van der Waals surface area (Å²) in [5.74, 6) is -0.817. The van der Waals surface area contributed by atoms with Crippen molar-refractivity contribution in [3.8, 4) is 0 Å². The first-order valence-electron chi connectivity index (χ1n) is 7.16. The molecular formula is C15H18O4S. The van der Waals surface area contributed by atoms with Crippen LogP contribution in [0.2, 0.25) is 0 Å². The van der Waals surface area contributed by atoms with Crippen LogP contribution in [-0.2, 0) is 27.1 Å². The minimum absolute atomic E-state index is 0.166. The minimum Gasteiger partial charge on any atom is -0.460 e. The fraction of sp³-hybridized carbons (Fsp3) is 0.600. The second-order valence-corrected chi connectivity index (χ2v) is 6.63. The predicted molar refractivity (Wildman–Crippen MR) is 75.0 cm³/mol. The van der Waals surface area contributed by atoms with E-state index in [1.807, 2.05) is 6.07 Å². The van der Waals surface area contributed by atoms with E-state index in [0.29, 0.717) is 11.3 Å². The van der Waals surface area contributed by atoms with Crippen LogP contribution in [0, 0.1) is 0 Å². The highest BCUT2D eigenvalue weighted by Gasteiger charge is 2.35. The highest BCUT2D eigenvalue weighted by molar-refractivity contribution is 7.14. The van der Waals surface area contributed by atoms with Gasteiger partial charge in [-0.2, -0.15) is 0 Å². The zero-order chi connectivity index (χ0) is 14.1.